The molecule has 130 valence electrons. The van der Waals surface area contributed by atoms with Crippen LogP contribution in [-0.4, -0.2) is 53.4 Å². The van der Waals surface area contributed by atoms with Crippen molar-refractivity contribution in [3.8, 4) is 5.75 Å². The van der Waals surface area contributed by atoms with Crippen molar-refractivity contribution in [2.45, 2.75) is 38.8 Å². The van der Waals surface area contributed by atoms with Crippen molar-refractivity contribution in [2.75, 3.05) is 26.2 Å². The molecule has 2 aliphatic heterocycles. The molecule has 0 unspecified atom stereocenters. The van der Waals surface area contributed by atoms with Crippen molar-refractivity contribution in [3.63, 3.8) is 0 Å². The summed E-state index contributed by atoms with van der Waals surface area (Å²) < 4.78 is 6.44. The van der Waals surface area contributed by atoms with Crippen molar-refractivity contribution in [1.29, 1.82) is 0 Å². The van der Waals surface area contributed by atoms with E-state index in [1.807, 2.05) is 24.0 Å². The number of aryl methyl sites for hydroxylation is 1. The molecule has 1 spiro atoms. The third kappa shape index (κ3) is 3.53. The number of rotatable bonds is 2. The summed E-state index contributed by atoms with van der Waals surface area (Å²) in [6, 6.07) is 6.14. The van der Waals surface area contributed by atoms with E-state index in [1.54, 1.807) is 6.92 Å². The van der Waals surface area contributed by atoms with Gasteiger partial charge in [-0.15, -0.1) is 0 Å². The van der Waals surface area contributed by atoms with Gasteiger partial charge in [0.25, 0.3) is 0 Å². The van der Waals surface area contributed by atoms with Crippen LogP contribution in [0.15, 0.2) is 18.2 Å². The van der Waals surface area contributed by atoms with Gasteiger partial charge in [-0.3, -0.25) is 14.5 Å². The lowest BCUT2D eigenvalue weighted by Crippen LogP contribution is -2.54. The highest BCUT2D eigenvalue weighted by molar-refractivity contribution is 5.76. The zero-order valence-electron chi connectivity index (χ0n) is 14.4. The quantitative estimate of drug-likeness (QED) is 0.879. The molecule has 24 heavy (non-hydrogen) atoms. The Labute approximate surface area is 142 Å². The lowest BCUT2D eigenvalue weighted by molar-refractivity contribution is -0.133. The van der Waals surface area contributed by atoms with Crippen molar-refractivity contribution < 1.29 is 14.3 Å². The standard InChI is InChI=1S/C18H25N3O3/c1-13-3-4-16-15(9-13)10-21(14(2)22)12-18(24-16)5-7-20(8-6-18)11-17(19)23/h3-4,9H,5-8,10-12H2,1-2H3,(H2,19,23). The summed E-state index contributed by atoms with van der Waals surface area (Å²) in [5.41, 5.74) is 7.12. The maximum Gasteiger partial charge on any atom is 0.231 e. The SMILES string of the molecule is CC(=O)N1Cc2cc(C)ccc2OC2(CCN(CC(N)=O)CC2)C1. The van der Waals surface area contributed by atoms with E-state index < -0.39 is 0 Å². The molecule has 2 amide bonds. The van der Waals surface area contributed by atoms with Gasteiger partial charge in [-0.2, -0.15) is 0 Å². The third-order valence-electron chi connectivity index (χ3n) is 4.97. The van der Waals surface area contributed by atoms with Gasteiger partial charge in [0, 0.05) is 45.0 Å². The van der Waals surface area contributed by atoms with Crippen LogP contribution in [0, 0.1) is 6.92 Å². The molecule has 2 N–H and O–H groups in total. The van der Waals surface area contributed by atoms with E-state index in [2.05, 4.69) is 11.0 Å². The normalized spacial score (nSPS) is 20.2. The molecule has 0 saturated carbocycles. The van der Waals surface area contributed by atoms with Crippen molar-refractivity contribution >= 4 is 11.8 Å². The number of hydrogen-bond acceptors (Lipinski definition) is 4. The van der Waals surface area contributed by atoms with E-state index in [0.717, 1.165) is 42.8 Å². The minimum Gasteiger partial charge on any atom is -0.485 e. The van der Waals surface area contributed by atoms with Gasteiger partial charge in [0.1, 0.15) is 11.4 Å². The van der Waals surface area contributed by atoms with E-state index in [-0.39, 0.29) is 24.0 Å². The molecular formula is C18H25N3O3. The van der Waals surface area contributed by atoms with Gasteiger partial charge in [-0.1, -0.05) is 17.7 Å². The highest BCUT2D eigenvalue weighted by Crippen LogP contribution is 2.36. The Bertz CT molecular complexity index is 651. The molecule has 6 nitrogen and oxygen atoms in total. The average Bonchev–Trinajstić information content (AvgIpc) is 2.66. The van der Waals surface area contributed by atoms with E-state index >= 15 is 0 Å². The maximum atomic E-state index is 12.1. The van der Waals surface area contributed by atoms with Crippen molar-refractivity contribution in [2.24, 2.45) is 5.73 Å². The van der Waals surface area contributed by atoms with Crippen LogP contribution in [0.3, 0.4) is 0 Å². The number of nitrogens with two attached hydrogens (primary N) is 1. The molecule has 0 aromatic heterocycles. The molecular weight excluding hydrogens is 306 g/mol. The van der Waals surface area contributed by atoms with E-state index in [0.29, 0.717) is 13.1 Å². The first kappa shape index (κ1) is 16.8. The number of fused-ring (bicyclic) bond motifs is 1. The molecule has 2 heterocycles. The van der Waals surface area contributed by atoms with Gasteiger partial charge >= 0.3 is 0 Å². The van der Waals surface area contributed by atoms with Crippen molar-refractivity contribution in [1.82, 2.24) is 9.80 Å². The third-order valence-corrected chi connectivity index (χ3v) is 4.97. The fourth-order valence-electron chi connectivity index (χ4n) is 3.63. The highest BCUT2D eigenvalue weighted by atomic mass is 16.5. The van der Waals surface area contributed by atoms with Gasteiger partial charge in [0.2, 0.25) is 11.8 Å². The number of hydrogen-bond donors (Lipinski definition) is 1. The zero-order chi connectivity index (χ0) is 17.3. The Morgan fingerprint density at radius 1 is 1.29 bits per heavy atom. The lowest BCUT2D eigenvalue weighted by atomic mass is 9.90. The smallest absolute Gasteiger partial charge is 0.231 e. The fraction of sp³-hybridized carbons (Fsp3) is 0.556. The van der Waals surface area contributed by atoms with E-state index in [4.69, 9.17) is 10.5 Å². The highest BCUT2D eigenvalue weighted by Gasteiger charge is 2.41. The Morgan fingerprint density at radius 2 is 2.00 bits per heavy atom. The number of likely N-dealkylation sites (tertiary alicyclic amines) is 1. The molecule has 0 aliphatic carbocycles. The average molecular weight is 331 g/mol. The largest absolute Gasteiger partial charge is 0.485 e. The molecule has 3 rings (SSSR count). The number of piperidine rings is 1. The second-order valence-electron chi connectivity index (χ2n) is 7.01. The molecule has 2 aliphatic rings. The van der Waals surface area contributed by atoms with Crippen molar-refractivity contribution in [3.05, 3.63) is 29.3 Å². The summed E-state index contributed by atoms with van der Waals surface area (Å²) in [5.74, 6) is 0.624. The van der Waals surface area contributed by atoms with Crippen LogP contribution in [0.1, 0.15) is 30.9 Å². The van der Waals surface area contributed by atoms with Gasteiger partial charge < -0.3 is 15.4 Å². The molecule has 1 fully saturated rings. The minimum atomic E-state index is -0.389. The van der Waals surface area contributed by atoms with Gasteiger partial charge in [-0.25, -0.2) is 0 Å². The zero-order valence-corrected chi connectivity index (χ0v) is 14.4. The molecule has 0 radical (unpaired) electrons. The summed E-state index contributed by atoms with van der Waals surface area (Å²) in [5, 5.41) is 0. The van der Waals surface area contributed by atoms with E-state index in [1.165, 1.54) is 0 Å². The van der Waals surface area contributed by atoms with Crippen LogP contribution >= 0.6 is 0 Å². The molecule has 1 aromatic carbocycles. The number of primary amides is 1. The van der Waals surface area contributed by atoms with Gasteiger partial charge in [0.05, 0.1) is 13.1 Å². The number of benzene rings is 1. The van der Waals surface area contributed by atoms with Crippen LogP contribution < -0.4 is 10.5 Å². The van der Waals surface area contributed by atoms with Crippen LogP contribution in [0.4, 0.5) is 0 Å². The summed E-state index contributed by atoms with van der Waals surface area (Å²) in [7, 11) is 0. The maximum absolute atomic E-state index is 12.1. The molecule has 1 aromatic rings. The predicted octanol–water partition coefficient (Wildman–Crippen LogP) is 1.06. The molecule has 6 heteroatoms. The van der Waals surface area contributed by atoms with E-state index in [9.17, 15) is 9.59 Å². The fourth-order valence-corrected chi connectivity index (χ4v) is 3.63. The molecule has 0 atom stereocenters. The van der Waals surface area contributed by atoms with Crippen LogP contribution in [-0.2, 0) is 16.1 Å². The number of carbonyl (C=O) groups excluding carboxylic acids is 2. The monoisotopic (exact) mass is 331 g/mol. The Morgan fingerprint density at radius 3 is 2.62 bits per heavy atom. The Kier molecular flexibility index (Phi) is 4.49. The second-order valence-corrected chi connectivity index (χ2v) is 7.01. The lowest BCUT2D eigenvalue weighted by Gasteiger charge is -2.42. The summed E-state index contributed by atoms with van der Waals surface area (Å²) in [6.45, 7) is 6.59. The van der Waals surface area contributed by atoms with Crippen LogP contribution in [0.25, 0.3) is 0 Å². The topological polar surface area (TPSA) is 75.9 Å². The summed E-state index contributed by atoms with van der Waals surface area (Å²) in [6.07, 6.45) is 1.55. The first-order valence-corrected chi connectivity index (χ1v) is 8.42. The Balaban J connectivity index is 1.84. The molecule has 0 bridgehead atoms. The predicted molar refractivity (Wildman–Crippen MR) is 90.5 cm³/mol. The first-order valence-electron chi connectivity index (χ1n) is 8.42. The number of amides is 2. The van der Waals surface area contributed by atoms with Gasteiger partial charge in [-0.05, 0) is 13.0 Å². The summed E-state index contributed by atoms with van der Waals surface area (Å²) >= 11 is 0. The minimum absolute atomic E-state index is 0.0619. The Hall–Kier alpha value is -2.08. The number of ether oxygens (including phenoxy) is 1. The first-order chi connectivity index (χ1) is 11.4. The number of nitrogens with zero attached hydrogens (tertiary/aromatic N) is 2. The second kappa shape index (κ2) is 6.43. The summed E-state index contributed by atoms with van der Waals surface area (Å²) in [4.78, 5) is 27.1. The molecule has 1 saturated heterocycles. The van der Waals surface area contributed by atoms with Crippen LogP contribution in [0.5, 0.6) is 5.75 Å². The number of carbonyl (C=O) groups is 2. The van der Waals surface area contributed by atoms with Gasteiger partial charge in [0.15, 0.2) is 0 Å². The van der Waals surface area contributed by atoms with Crippen LogP contribution in [0.2, 0.25) is 0 Å².